The van der Waals surface area contributed by atoms with Gasteiger partial charge < -0.3 is 0 Å². The zero-order valence-corrected chi connectivity index (χ0v) is 15.0. The molecule has 0 amide bonds. The van der Waals surface area contributed by atoms with Gasteiger partial charge in [-0.1, -0.05) is 20.3 Å². The van der Waals surface area contributed by atoms with Gasteiger partial charge in [0.2, 0.25) is 0 Å². The fourth-order valence-electron chi connectivity index (χ4n) is 3.90. The maximum Gasteiger partial charge on any atom is 0.262 e. The van der Waals surface area contributed by atoms with Crippen molar-refractivity contribution in [3.63, 3.8) is 0 Å². The first-order valence-corrected chi connectivity index (χ1v) is 9.24. The molecule has 0 unspecified atom stereocenters. The number of nitrogens with zero attached hydrogens (tertiary/aromatic N) is 4. The molecule has 0 spiro atoms. The molecule has 130 valence electrons. The van der Waals surface area contributed by atoms with E-state index in [9.17, 15) is 4.79 Å². The van der Waals surface area contributed by atoms with Crippen LogP contribution in [0.25, 0.3) is 10.9 Å². The number of fused-ring (bicyclic) bond motifs is 1. The summed E-state index contributed by atoms with van der Waals surface area (Å²) in [6, 6.07) is 2.07. The molecule has 24 heavy (non-hydrogen) atoms. The van der Waals surface area contributed by atoms with E-state index in [4.69, 9.17) is 4.98 Å². The summed E-state index contributed by atoms with van der Waals surface area (Å²) in [6.45, 7) is 9.40. The van der Waals surface area contributed by atoms with Crippen molar-refractivity contribution in [2.24, 2.45) is 5.92 Å². The van der Waals surface area contributed by atoms with Crippen molar-refractivity contribution in [1.82, 2.24) is 19.4 Å². The van der Waals surface area contributed by atoms with Crippen molar-refractivity contribution in [3.8, 4) is 0 Å². The number of likely N-dealkylation sites (tertiary alicyclic amines) is 1. The van der Waals surface area contributed by atoms with Crippen LogP contribution < -0.4 is 5.56 Å². The van der Waals surface area contributed by atoms with Crippen LogP contribution in [-0.4, -0.2) is 32.5 Å². The minimum absolute atomic E-state index is 0.0387. The zero-order valence-electron chi connectivity index (χ0n) is 15.0. The molecule has 5 nitrogen and oxygen atoms in total. The van der Waals surface area contributed by atoms with Crippen LogP contribution in [0.5, 0.6) is 0 Å². The molecule has 2 atom stereocenters. The lowest BCUT2D eigenvalue weighted by molar-refractivity contribution is 0.115. The zero-order chi connectivity index (χ0) is 17.1. The highest BCUT2D eigenvalue weighted by Crippen LogP contribution is 2.29. The molecule has 0 saturated carbocycles. The smallest absolute Gasteiger partial charge is 0.262 e. The molecule has 2 aromatic rings. The first kappa shape index (κ1) is 17.1. The van der Waals surface area contributed by atoms with Crippen molar-refractivity contribution in [3.05, 3.63) is 34.6 Å². The van der Waals surface area contributed by atoms with Crippen LogP contribution in [-0.2, 0) is 6.54 Å². The highest BCUT2D eigenvalue weighted by Gasteiger charge is 2.28. The Kier molecular flexibility index (Phi) is 5.29. The van der Waals surface area contributed by atoms with E-state index in [1.54, 1.807) is 12.4 Å². The highest BCUT2D eigenvalue weighted by atomic mass is 16.1. The summed E-state index contributed by atoms with van der Waals surface area (Å²) in [5.74, 6) is 1.64. The Balaban J connectivity index is 2.11. The van der Waals surface area contributed by atoms with Gasteiger partial charge in [0.15, 0.2) is 0 Å². The molecule has 0 bridgehead atoms. The van der Waals surface area contributed by atoms with Gasteiger partial charge in [0.05, 0.1) is 16.9 Å². The molecule has 0 radical (unpaired) electrons. The predicted octanol–water partition coefficient (Wildman–Crippen LogP) is 3.38. The topological polar surface area (TPSA) is 51.0 Å². The predicted molar refractivity (Wildman–Crippen MR) is 97.1 cm³/mol. The lowest BCUT2D eigenvalue weighted by Crippen LogP contribution is -2.40. The van der Waals surface area contributed by atoms with E-state index in [-0.39, 0.29) is 11.6 Å². The fourth-order valence-corrected chi connectivity index (χ4v) is 3.90. The molecule has 5 heteroatoms. The van der Waals surface area contributed by atoms with E-state index in [1.807, 2.05) is 17.6 Å². The lowest BCUT2D eigenvalue weighted by Gasteiger charge is -2.37. The van der Waals surface area contributed by atoms with E-state index in [0.29, 0.717) is 17.8 Å². The molecular weight excluding hydrogens is 300 g/mol. The van der Waals surface area contributed by atoms with Crippen molar-refractivity contribution in [2.45, 2.75) is 59.0 Å². The minimum Gasteiger partial charge on any atom is -0.295 e. The fraction of sp³-hybridized carbons (Fsp3) is 0.632. The van der Waals surface area contributed by atoms with E-state index >= 15 is 0 Å². The van der Waals surface area contributed by atoms with Gasteiger partial charge in [-0.15, -0.1) is 0 Å². The molecule has 0 aliphatic carbocycles. The third kappa shape index (κ3) is 3.22. The monoisotopic (exact) mass is 328 g/mol. The van der Waals surface area contributed by atoms with Gasteiger partial charge in [0.1, 0.15) is 5.82 Å². The molecule has 3 heterocycles. The summed E-state index contributed by atoms with van der Waals surface area (Å²) in [5.41, 5.74) is 0.803. The van der Waals surface area contributed by atoms with Crippen molar-refractivity contribution < 1.29 is 0 Å². The van der Waals surface area contributed by atoms with E-state index in [2.05, 4.69) is 23.7 Å². The Bertz CT molecular complexity index is 755. The van der Waals surface area contributed by atoms with Crippen LogP contribution in [0.4, 0.5) is 0 Å². The first-order valence-electron chi connectivity index (χ1n) is 9.24. The molecular formula is C19H28N4O. The van der Waals surface area contributed by atoms with Crippen molar-refractivity contribution in [1.29, 1.82) is 0 Å². The third-order valence-corrected chi connectivity index (χ3v) is 5.09. The third-order valence-electron chi connectivity index (χ3n) is 5.09. The molecule has 3 rings (SSSR count). The summed E-state index contributed by atoms with van der Waals surface area (Å²) in [7, 11) is 0. The van der Waals surface area contributed by atoms with Gasteiger partial charge in [-0.2, -0.15) is 0 Å². The number of aromatic nitrogens is 3. The molecule has 1 aliphatic heterocycles. The molecule has 1 aliphatic rings. The Morgan fingerprint density at radius 1 is 1.38 bits per heavy atom. The Hall–Kier alpha value is -1.75. The maximum absolute atomic E-state index is 12.9. The first-order chi connectivity index (χ1) is 11.7. The molecule has 1 saturated heterocycles. The summed E-state index contributed by atoms with van der Waals surface area (Å²) >= 11 is 0. The second-order valence-corrected chi connectivity index (χ2v) is 6.96. The lowest BCUT2D eigenvalue weighted by atomic mass is 9.97. The minimum atomic E-state index is 0.0387. The average molecular weight is 328 g/mol. The number of hydrogen-bond acceptors (Lipinski definition) is 4. The van der Waals surface area contributed by atoms with Crippen molar-refractivity contribution >= 4 is 10.9 Å². The van der Waals surface area contributed by atoms with E-state index in [0.717, 1.165) is 37.3 Å². The Morgan fingerprint density at radius 2 is 2.21 bits per heavy atom. The van der Waals surface area contributed by atoms with E-state index < -0.39 is 0 Å². The quantitative estimate of drug-likeness (QED) is 0.844. The number of pyridine rings is 1. The summed E-state index contributed by atoms with van der Waals surface area (Å²) in [5, 5.41) is 0.616. The van der Waals surface area contributed by atoms with Gasteiger partial charge in [-0.05, 0) is 44.7 Å². The van der Waals surface area contributed by atoms with Crippen LogP contribution in [0.2, 0.25) is 0 Å². The Morgan fingerprint density at radius 3 is 2.92 bits per heavy atom. The summed E-state index contributed by atoms with van der Waals surface area (Å²) in [6.07, 6.45) is 8.01. The second kappa shape index (κ2) is 7.43. The average Bonchev–Trinajstić information content (AvgIpc) is 2.59. The molecule has 0 aromatic carbocycles. The molecule has 2 aromatic heterocycles. The van der Waals surface area contributed by atoms with Crippen LogP contribution in [0.3, 0.4) is 0 Å². The van der Waals surface area contributed by atoms with Gasteiger partial charge >= 0.3 is 0 Å². The van der Waals surface area contributed by atoms with E-state index in [1.165, 1.54) is 12.8 Å². The summed E-state index contributed by atoms with van der Waals surface area (Å²) in [4.78, 5) is 24.4. The molecule has 0 N–H and O–H groups in total. The van der Waals surface area contributed by atoms with Gasteiger partial charge in [0.25, 0.3) is 5.56 Å². The summed E-state index contributed by atoms with van der Waals surface area (Å²) < 4.78 is 1.85. The Labute approximate surface area is 143 Å². The second-order valence-electron chi connectivity index (χ2n) is 6.96. The SMILES string of the molecule is CCC[C@@H](c1nc2ccncc2c(=O)n1CC)N1CCC[C@@H](C)C1. The van der Waals surface area contributed by atoms with Gasteiger partial charge in [-0.3, -0.25) is 19.2 Å². The van der Waals surface area contributed by atoms with Crippen LogP contribution in [0.1, 0.15) is 58.3 Å². The van der Waals surface area contributed by atoms with Crippen LogP contribution in [0.15, 0.2) is 23.3 Å². The highest BCUT2D eigenvalue weighted by molar-refractivity contribution is 5.76. The maximum atomic E-state index is 12.9. The number of hydrogen-bond donors (Lipinski definition) is 0. The standard InChI is InChI=1S/C19H28N4O/c1-4-7-17(22-11-6-8-14(3)13-22)18-21-16-9-10-20-12-15(16)19(24)23(18)5-2/h9-10,12,14,17H,4-8,11,13H2,1-3H3/t14-,17+/m1/s1. The van der Waals surface area contributed by atoms with Gasteiger partial charge in [0, 0.05) is 25.5 Å². The number of piperidine rings is 1. The van der Waals surface area contributed by atoms with Crippen LogP contribution >= 0.6 is 0 Å². The van der Waals surface area contributed by atoms with Gasteiger partial charge in [-0.25, -0.2) is 4.98 Å². The largest absolute Gasteiger partial charge is 0.295 e. The van der Waals surface area contributed by atoms with Crippen LogP contribution in [0, 0.1) is 5.92 Å². The number of rotatable bonds is 5. The van der Waals surface area contributed by atoms with Crippen molar-refractivity contribution in [2.75, 3.05) is 13.1 Å². The molecule has 1 fully saturated rings. The normalized spacial score (nSPS) is 20.4.